The lowest BCUT2D eigenvalue weighted by atomic mass is 10.1. The van der Waals surface area contributed by atoms with E-state index in [9.17, 15) is 18.0 Å². The first-order valence-corrected chi connectivity index (χ1v) is 11.0. The normalized spacial score (nSPS) is 25.6. The highest BCUT2D eigenvalue weighted by Gasteiger charge is 2.42. The van der Waals surface area contributed by atoms with Crippen LogP contribution in [0.5, 0.6) is 5.88 Å². The lowest BCUT2D eigenvalue weighted by molar-refractivity contribution is -0.144. The highest BCUT2D eigenvalue weighted by atomic mass is 32.2. The van der Waals surface area contributed by atoms with Crippen LogP contribution in [0, 0.1) is 12.8 Å². The Hall–Kier alpha value is -2.00. The number of hydrogen-bond donors (Lipinski definition) is 0. The van der Waals surface area contributed by atoms with E-state index in [1.165, 1.54) is 17.5 Å². The summed E-state index contributed by atoms with van der Waals surface area (Å²) in [7, 11) is -2.71. The Kier molecular flexibility index (Phi) is 6.34. The van der Waals surface area contributed by atoms with Gasteiger partial charge >= 0.3 is 5.97 Å². The van der Waals surface area contributed by atoms with Gasteiger partial charge in [0.1, 0.15) is 23.3 Å². The zero-order chi connectivity index (χ0) is 20.3. The lowest BCUT2D eigenvalue weighted by Gasteiger charge is -2.24. The van der Waals surface area contributed by atoms with E-state index < -0.39 is 22.0 Å². The largest absolute Gasteiger partial charge is 0.473 e. The van der Waals surface area contributed by atoms with Crippen LogP contribution in [0.15, 0.2) is 17.0 Å². The molecule has 28 heavy (non-hydrogen) atoms. The van der Waals surface area contributed by atoms with Gasteiger partial charge in [-0.05, 0) is 57.1 Å². The number of pyridine rings is 1. The molecule has 3 rings (SSSR count). The van der Waals surface area contributed by atoms with E-state index in [-0.39, 0.29) is 29.3 Å². The summed E-state index contributed by atoms with van der Waals surface area (Å²) >= 11 is 0. The Morgan fingerprint density at radius 3 is 2.82 bits per heavy atom. The van der Waals surface area contributed by atoms with Crippen LogP contribution in [0.4, 0.5) is 0 Å². The van der Waals surface area contributed by atoms with Gasteiger partial charge in [-0.1, -0.05) is 0 Å². The molecule has 0 radical (unpaired) electrons. The first kappa shape index (κ1) is 20.7. The van der Waals surface area contributed by atoms with Gasteiger partial charge < -0.3 is 14.3 Å². The maximum Gasteiger partial charge on any atom is 0.324 e. The molecule has 2 heterocycles. The molecule has 2 aliphatic rings. The van der Waals surface area contributed by atoms with Gasteiger partial charge in [0.25, 0.3) is 0 Å². The minimum Gasteiger partial charge on any atom is -0.473 e. The predicted molar refractivity (Wildman–Crippen MR) is 100 cm³/mol. The quantitative estimate of drug-likeness (QED) is 0.499. The number of ether oxygens (including phenoxy) is 2. The fourth-order valence-electron chi connectivity index (χ4n) is 3.97. The number of esters is 1. The third-order valence-electron chi connectivity index (χ3n) is 5.43. The summed E-state index contributed by atoms with van der Waals surface area (Å²) < 4.78 is 38.5. The molecule has 0 amide bonds. The highest BCUT2D eigenvalue weighted by molar-refractivity contribution is 7.89. The zero-order valence-electron chi connectivity index (χ0n) is 16.2. The van der Waals surface area contributed by atoms with Crippen molar-refractivity contribution in [3.63, 3.8) is 0 Å². The summed E-state index contributed by atoms with van der Waals surface area (Å²) in [5.74, 6) is -0.238. The second-order valence-electron chi connectivity index (χ2n) is 7.37. The second kappa shape index (κ2) is 8.57. The zero-order valence-corrected chi connectivity index (χ0v) is 17.0. The monoisotopic (exact) mass is 410 g/mol. The molecule has 0 unspecified atom stereocenters. The van der Waals surface area contributed by atoms with E-state index in [2.05, 4.69) is 4.98 Å². The van der Waals surface area contributed by atoms with Crippen molar-refractivity contribution >= 4 is 22.3 Å². The number of aryl methyl sites for hydroxylation is 1. The van der Waals surface area contributed by atoms with Gasteiger partial charge in [0.15, 0.2) is 0 Å². The van der Waals surface area contributed by atoms with Crippen LogP contribution in [0.2, 0.25) is 0 Å². The van der Waals surface area contributed by atoms with E-state index >= 15 is 0 Å². The lowest BCUT2D eigenvalue weighted by Crippen LogP contribution is -2.41. The molecule has 154 valence electrons. The molecule has 0 bridgehead atoms. The number of aldehydes is 1. The van der Waals surface area contributed by atoms with Crippen molar-refractivity contribution < 1.29 is 27.5 Å². The molecule has 8 nitrogen and oxygen atoms in total. The Bertz CT molecular complexity index is 841. The maximum atomic E-state index is 13.3. The topological polar surface area (TPSA) is 103 Å². The molecule has 1 aliphatic carbocycles. The van der Waals surface area contributed by atoms with E-state index in [4.69, 9.17) is 9.47 Å². The molecule has 1 aromatic heterocycles. The second-order valence-corrected chi connectivity index (χ2v) is 9.23. The van der Waals surface area contributed by atoms with E-state index in [0.29, 0.717) is 31.4 Å². The van der Waals surface area contributed by atoms with Crippen LogP contribution >= 0.6 is 0 Å². The summed E-state index contributed by atoms with van der Waals surface area (Å²) in [6.45, 7) is 2.01. The van der Waals surface area contributed by atoms with Gasteiger partial charge in [-0.15, -0.1) is 0 Å². The van der Waals surface area contributed by atoms with Gasteiger partial charge in [0.05, 0.1) is 7.11 Å². The molecule has 3 atom stereocenters. The third kappa shape index (κ3) is 4.20. The Labute approximate surface area is 165 Å². The number of carbonyl (C=O) groups is 2. The number of nitrogens with zero attached hydrogens (tertiary/aromatic N) is 2. The average Bonchev–Trinajstić information content (AvgIpc) is 3.31. The standard InChI is InChI=1S/C19H26N2O6S/c1-13-5-8-17(18(20-13)27-15-7-6-14(12-15)9-11-22)28(24,25)21-10-3-4-16(21)19(23)26-2/h5,8,11,14-16H,3-4,6-7,9-10,12H2,1-2H3/t14-,15+,16-/m0/s1. The number of rotatable bonds is 7. The van der Waals surface area contributed by atoms with Gasteiger partial charge in [-0.3, -0.25) is 4.79 Å². The first-order valence-electron chi connectivity index (χ1n) is 9.54. The van der Waals surface area contributed by atoms with Crippen LogP contribution < -0.4 is 4.74 Å². The highest BCUT2D eigenvalue weighted by Crippen LogP contribution is 2.35. The minimum absolute atomic E-state index is 0.0345. The molecular weight excluding hydrogens is 384 g/mol. The molecular formula is C19H26N2O6S. The van der Waals surface area contributed by atoms with Gasteiger partial charge in [-0.25, -0.2) is 13.4 Å². The summed E-state index contributed by atoms with van der Waals surface area (Å²) in [6.07, 6.45) is 4.55. The maximum absolute atomic E-state index is 13.3. The molecule has 1 saturated carbocycles. The van der Waals surface area contributed by atoms with E-state index in [1.807, 2.05) is 0 Å². The van der Waals surface area contributed by atoms with Crippen molar-refractivity contribution in [3.05, 3.63) is 17.8 Å². The molecule has 1 saturated heterocycles. The molecule has 0 spiro atoms. The number of methoxy groups -OCH3 is 1. The van der Waals surface area contributed by atoms with Gasteiger partial charge in [0.2, 0.25) is 15.9 Å². The van der Waals surface area contributed by atoms with Crippen LogP contribution in [0.1, 0.15) is 44.2 Å². The van der Waals surface area contributed by atoms with Crippen molar-refractivity contribution in [2.24, 2.45) is 5.92 Å². The summed E-state index contributed by atoms with van der Waals surface area (Å²) in [6, 6.07) is 2.28. The van der Waals surface area contributed by atoms with Crippen LogP contribution in [0.25, 0.3) is 0 Å². The van der Waals surface area contributed by atoms with E-state index in [1.54, 1.807) is 13.0 Å². The molecule has 0 aromatic carbocycles. The molecule has 9 heteroatoms. The smallest absolute Gasteiger partial charge is 0.324 e. The van der Waals surface area contributed by atoms with Gasteiger partial charge in [0, 0.05) is 18.7 Å². The first-order chi connectivity index (χ1) is 13.4. The average molecular weight is 410 g/mol. The predicted octanol–water partition coefficient (Wildman–Crippen LogP) is 1.85. The van der Waals surface area contributed by atoms with Gasteiger partial charge in [-0.2, -0.15) is 4.31 Å². The number of aromatic nitrogens is 1. The molecule has 2 fully saturated rings. The van der Waals surface area contributed by atoms with Crippen molar-refractivity contribution in [3.8, 4) is 5.88 Å². The van der Waals surface area contributed by atoms with E-state index in [0.717, 1.165) is 19.1 Å². The number of carbonyl (C=O) groups excluding carboxylic acids is 2. The summed E-state index contributed by atoms with van der Waals surface area (Å²) in [4.78, 5) is 27.0. The van der Waals surface area contributed by atoms with Crippen molar-refractivity contribution in [1.29, 1.82) is 0 Å². The summed E-state index contributed by atoms with van der Waals surface area (Å²) in [5.41, 5.74) is 0.641. The molecule has 1 aliphatic heterocycles. The van der Waals surface area contributed by atoms with Crippen molar-refractivity contribution in [1.82, 2.24) is 9.29 Å². The number of sulfonamides is 1. The SMILES string of the molecule is COC(=O)[C@@H]1CCCN1S(=O)(=O)c1ccc(C)nc1O[C@@H]1CC[C@@H](CC=O)C1. The Morgan fingerprint density at radius 2 is 2.11 bits per heavy atom. The van der Waals surface area contributed by atoms with Crippen LogP contribution in [-0.4, -0.2) is 55.8 Å². The Balaban J connectivity index is 1.87. The molecule has 1 aromatic rings. The fraction of sp³-hybridized carbons (Fsp3) is 0.632. The number of hydrogen-bond acceptors (Lipinski definition) is 7. The van der Waals surface area contributed by atoms with Crippen molar-refractivity contribution in [2.75, 3.05) is 13.7 Å². The Morgan fingerprint density at radius 1 is 1.32 bits per heavy atom. The van der Waals surface area contributed by atoms with Crippen LogP contribution in [-0.2, 0) is 24.3 Å². The molecule has 0 N–H and O–H groups in total. The minimum atomic E-state index is -3.97. The van der Waals surface area contributed by atoms with Crippen LogP contribution in [0.3, 0.4) is 0 Å². The summed E-state index contributed by atoms with van der Waals surface area (Å²) in [5, 5.41) is 0. The van der Waals surface area contributed by atoms with Crippen molar-refractivity contribution in [2.45, 2.75) is 62.5 Å². The third-order valence-corrected chi connectivity index (χ3v) is 7.35. The fourth-order valence-corrected chi connectivity index (χ4v) is 5.67.